The molecule has 0 radical (unpaired) electrons. The molecule has 1 heterocycles. The number of aromatic nitrogens is 2. The summed E-state index contributed by atoms with van der Waals surface area (Å²) >= 11 is 1.76. The van der Waals surface area contributed by atoms with Crippen molar-refractivity contribution in [1.29, 1.82) is 0 Å². The fourth-order valence-corrected chi connectivity index (χ4v) is 2.73. The van der Waals surface area contributed by atoms with Crippen LogP contribution in [0.25, 0.3) is 0 Å². The van der Waals surface area contributed by atoms with E-state index in [1.54, 1.807) is 11.8 Å². The van der Waals surface area contributed by atoms with Gasteiger partial charge in [0.2, 0.25) is 0 Å². The van der Waals surface area contributed by atoms with Crippen LogP contribution in [0.1, 0.15) is 31.0 Å². The van der Waals surface area contributed by atoms with Crippen LogP contribution in [0.3, 0.4) is 0 Å². The average molecular weight is 275 g/mol. The Morgan fingerprint density at radius 3 is 2.74 bits per heavy atom. The normalized spacial score (nSPS) is 11.0. The smallest absolute Gasteiger partial charge is 0.0699 e. The number of benzene rings is 1. The Kier molecular flexibility index (Phi) is 4.53. The molecule has 2 rings (SSSR count). The first-order valence-electron chi connectivity index (χ1n) is 6.51. The third-order valence-electron chi connectivity index (χ3n) is 3.06. The van der Waals surface area contributed by atoms with E-state index in [0.29, 0.717) is 5.92 Å². The molecule has 0 atom stereocenters. The molecule has 0 fully saturated rings. The van der Waals surface area contributed by atoms with E-state index < -0.39 is 0 Å². The zero-order valence-electron chi connectivity index (χ0n) is 12.0. The van der Waals surface area contributed by atoms with Gasteiger partial charge >= 0.3 is 0 Å². The van der Waals surface area contributed by atoms with Crippen molar-refractivity contribution in [3.05, 3.63) is 41.7 Å². The zero-order chi connectivity index (χ0) is 13.8. The van der Waals surface area contributed by atoms with Gasteiger partial charge < -0.3 is 5.32 Å². The number of hydrogen-bond acceptors (Lipinski definition) is 3. The van der Waals surface area contributed by atoms with Crippen molar-refractivity contribution in [3.63, 3.8) is 0 Å². The summed E-state index contributed by atoms with van der Waals surface area (Å²) in [4.78, 5) is 1.28. The summed E-state index contributed by atoms with van der Waals surface area (Å²) in [7, 11) is 1.98. The summed E-state index contributed by atoms with van der Waals surface area (Å²) < 4.78 is 1.90. The molecule has 1 aromatic carbocycles. The molecule has 19 heavy (non-hydrogen) atoms. The first kappa shape index (κ1) is 14.0. The highest BCUT2D eigenvalue weighted by Gasteiger charge is 2.11. The number of para-hydroxylation sites is 1. The second kappa shape index (κ2) is 6.15. The number of hydrogen-bond donors (Lipinski definition) is 1. The highest BCUT2D eigenvalue weighted by molar-refractivity contribution is 7.98. The van der Waals surface area contributed by atoms with Gasteiger partial charge in [0.05, 0.1) is 5.69 Å². The Balaban J connectivity index is 2.14. The number of rotatable bonds is 5. The van der Waals surface area contributed by atoms with E-state index in [1.807, 2.05) is 11.7 Å². The van der Waals surface area contributed by atoms with Crippen molar-refractivity contribution in [2.75, 3.05) is 11.6 Å². The molecule has 0 saturated heterocycles. The van der Waals surface area contributed by atoms with Crippen LogP contribution < -0.4 is 5.32 Å². The molecule has 0 bridgehead atoms. The number of thioether (sulfide) groups is 1. The summed E-state index contributed by atoms with van der Waals surface area (Å²) in [5, 5.41) is 8.05. The third-order valence-corrected chi connectivity index (χ3v) is 3.86. The van der Waals surface area contributed by atoms with Crippen molar-refractivity contribution in [3.8, 4) is 0 Å². The van der Waals surface area contributed by atoms with Gasteiger partial charge in [0.25, 0.3) is 0 Å². The van der Waals surface area contributed by atoms with Crippen LogP contribution in [0.4, 0.5) is 5.69 Å². The number of aryl methyl sites for hydroxylation is 1. The van der Waals surface area contributed by atoms with Crippen LogP contribution in [0.15, 0.2) is 35.4 Å². The minimum atomic E-state index is 0.453. The van der Waals surface area contributed by atoms with Gasteiger partial charge in [-0.3, -0.25) is 4.68 Å². The molecule has 0 aliphatic heterocycles. The highest BCUT2D eigenvalue weighted by atomic mass is 32.2. The lowest BCUT2D eigenvalue weighted by molar-refractivity contribution is 0.712. The monoisotopic (exact) mass is 275 g/mol. The SMILES string of the molecule is CSc1ccccc1NCc1cn(C)nc1C(C)C. The van der Waals surface area contributed by atoms with Crippen LogP contribution in [0.5, 0.6) is 0 Å². The number of nitrogens with zero attached hydrogens (tertiary/aromatic N) is 2. The van der Waals surface area contributed by atoms with E-state index in [9.17, 15) is 0 Å². The largest absolute Gasteiger partial charge is 0.380 e. The predicted molar refractivity (Wildman–Crippen MR) is 82.8 cm³/mol. The molecule has 4 heteroatoms. The Labute approximate surface area is 119 Å². The maximum Gasteiger partial charge on any atom is 0.0699 e. The topological polar surface area (TPSA) is 29.9 Å². The number of nitrogens with one attached hydrogen (secondary N) is 1. The van der Waals surface area contributed by atoms with Crippen LogP contribution in [0, 0.1) is 0 Å². The molecule has 102 valence electrons. The van der Waals surface area contributed by atoms with Crippen LogP contribution in [-0.4, -0.2) is 16.0 Å². The minimum Gasteiger partial charge on any atom is -0.380 e. The average Bonchev–Trinajstić information content (AvgIpc) is 2.78. The molecular weight excluding hydrogens is 254 g/mol. The first-order chi connectivity index (χ1) is 9.11. The lowest BCUT2D eigenvalue weighted by atomic mass is 10.1. The molecule has 1 N–H and O–H groups in total. The van der Waals surface area contributed by atoms with Crippen molar-refractivity contribution in [2.24, 2.45) is 7.05 Å². The fraction of sp³-hybridized carbons (Fsp3) is 0.400. The molecule has 2 aromatic rings. The Morgan fingerprint density at radius 1 is 1.32 bits per heavy atom. The van der Waals surface area contributed by atoms with Gasteiger partial charge in [0.1, 0.15) is 0 Å². The lowest BCUT2D eigenvalue weighted by Crippen LogP contribution is -2.03. The van der Waals surface area contributed by atoms with E-state index in [2.05, 4.69) is 61.0 Å². The van der Waals surface area contributed by atoms with Crippen molar-refractivity contribution < 1.29 is 0 Å². The Bertz CT molecular complexity index is 546. The maximum absolute atomic E-state index is 4.54. The summed E-state index contributed by atoms with van der Waals surface area (Å²) in [6, 6.07) is 8.39. The van der Waals surface area contributed by atoms with E-state index in [1.165, 1.54) is 21.8 Å². The highest BCUT2D eigenvalue weighted by Crippen LogP contribution is 2.26. The van der Waals surface area contributed by atoms with Crippen molar-refractivity contribution >= 4 is 17.4 Å². The van der Waals surface area contributed by atoms with Gasteiger partial charge in [-0.2, -0.15) is 5.10 Å². The van der Waals surface area contributed by atoms with Gasteiger partial charge in [-0.1, -0.05) is 26.0 Å². The third kappa shape index (κ3) is 3.32. The van der Waals surface area contributed by atoms with Crippen LogP contribution in [0.2, 0.25) is 0 Å². The second-order valence-corrected chi connectivity index (χ2v) is 5.77. The molecule has 0 aliphatic rings. The number of anilines is 1. The van der Waals surface area contributed by atoms with E-state index >= 15 is 0 Å². The Hall–Kier alpha value is -1.42. The van der Waals surface area contributed by atoms with E-state index in [0.717, 1.165) is 6.54 Å². The Morgan fingerprint density at radius 2 is 2.05 bits per heavy atom. The van der Waals surface area contributed by atoms with Gasteiger partial charge in [-0.25, -0.2) is 0 Å². The maximum atomic E-state index is 4.54. The van der Waals surface area contributed by atoms with Gasteiger partial charge in [-0.15, -0.1) is 11.8 Å². The van der Waals surface area contributed by atoms with E-state index in [4.69, 9.17) is 0 Å². The summed E-state index contributed by atoms with van der Waals surface area (Å²) in [5.41, 5.74) is 3.64. The van der Waals surface area contributed by atoms with Crippen LogP contribution >= 0.6 is 11.8 Å². The second-order valence-electron chi connectivity index (χ2n) is 4.92. The molecule has 0 unspecified atom stereocenters. The standard InChI is InChI=1S/C15H21N3S/c1-11(2)15-12(10-18(3)17-15)9-16-13-7-5-6-8-14(13)19-4/h5-8,10-11,16H,9H2,1-4H3. The summed E-state index contributed by atoms with van der Waals surface area (Å²) in [5.74, 6) is 0.453. The molecule has 0 amide bonds. The summed E-state index contributed by atoms with van der Waals surface area (Å²) in [6.45, 7) is 5.18. The predicted octanol–water partition coefficient (Wildman–Crippen LogP) is 3.88. The molecule has 1 aromatic heterocycles. The van der Waals surface area contributed by atoms with Gasteiger partial charge in [0.15, 0.2) is 0 Å². The first-order valence-corrected chi connectivity index (χ1v) is 7.73. The van der Waals surface area contributed by atoms with Gasteiger partial charge in [-0.05, 0) is 24.3 Å². The quantitative estimate of drug-likeness (QED) is 0.840. The van der Waals surface area contributed by atoms with Crippen molar-refractivity contribution in [2.45, 2.75) is 31.2 Å². The minimum absolute atomic E-state index is 0.453. The molecule has 3 nitrogen and oxygen atoms in total. The molecule has 0 aliphatic carbocycles. The van der Waals surface area contributed by atoms with Gasteiger partial charge in [0, 0.05) is 35.9 Å². The molecule has 0 saturated carbocycles. The molecule has 0 spiro atoms. The fourth-order valence-electron chi connectivity index (χ4n) is 2.16. The molecular formula is C15H21N3S. The van der Waals surface area contributed by atoms with Crippen molar-refractivity contribution in [1.82, 2.24) is 9.78 Å². The summed E-state index contributed by atoms with van der Waals surface area (Å²) in [6.07, 6.45) is 4.20. The lowest BCUT2D eigenvalue weighted by Gasteiger charge is -2.11. The zero-order valence-corrected chi connectivity index (χ0v) is 12.8. The van der Waals surface area contributed by atoms with Crippen LogP contribution in [-0.2, 0) is 13.6 Å². The van der Waals surface area contributed by atoms with E-state index in [-0.39, 0.29) is 0 Å².